The number of ether oxygens (including phenoxy) is 2. The van der Waals surface area contributed by atoms with E-state index < -0.39 is 9.84 Å². The molecule has 0 aliphatic carbocycles. The predicted molar refractivity (Wildman–Crippen MR) is 111 cm³/mol. The van der Waals surface area contributed by atoms with Gasteiger partial charge in [-0.15, -0.1) is 0 Å². The number of anilines is 1. The number of sulfone groups is 1. The van der Waals surface area contributed by atoms with Gasteiger partial charge < -0.3 is 19.7 Å². The predicted octanol–water partition coefficient (Wildman–Crippen LogP) is 0.981. The summed E-state index contributed by atoms with van der Waals surface area (Å²) in [5.41, 5.74) is 0. The van der Waals surface area contributed by atoms with Crippen molar-refractivity contribution in [3.05, 3.63) is 42.2 Å². The number of morpholine rings is 1. The van der Waals surface area contributed by atoms with E-state index >= 15 is 0 Å². The second-order valence-electron chi connectivity index (χ2n) is 6.79. The summed E-state index contributed by atoms with van der Waals surface area (Å²) >= 11 is 0. The number of aromatic nitrogens is 2. The number of carbonyl (C=O) groups excluding carboxylic acids is 1. The Morgan fingerprint density at radius 3 is 2.67 bits per heavy atom. The van der Waals surface area contributed by atoms with Crippen LogP contribution in [0.3, 0.4) is 0 Å². The number of rotatable bonds is 9. The lowest BCUT2D eigenvalue weighted by Gasteiger charge is -2.28. The number of amides is 1. The van der Waals surface area contributed by atoms with E-state index in [1.165, 1.54) is 12.1 Å². The van der Waals surface area contributed by atoms with Crippen LogP contribution in [-0.4, -0.2) is 69.5 Å². The Bertz CT molecular complexity index is 947. The van der Waals surface area contributed by atoms with E-state index in [1.807, 2.05) is 0 Å². The fraction of sp³-hybridized carbons (Fsp3) is 0.450. The summed E-state index contributed by atoms with van der Waals surface area (Å²) in [6.07, 6.45) is -0.106. The summed E-state index contributed by atoms with van der Waals surface area (Å²) in [7, 11) is -3.47. The Kier molecular flexibility index (Phi) is 7.58. The molecule has 10 heteroatoms. The molecule has 9 nitrogen and oxygen atoms in total. The van der Waals surface area contributed by atoms with Crippen molar-refractivity contribution in [3.63, 3.8) is 0 Å². The Labute approximate surface area is 176 Å². The number of carbonyl (C=O) groups is 1. The lowest BCUT2D eigenvalue weighted by atomic mass is 10.4. The van der Waals surface area contributed by atoms with Crippen molar-refractivity contribution < 1.29 is 22.7 Å². The van der Waals surface area contributed by atoms with Gasteiger partial charge in [-0.2, -0.15) is 4.98 Å². The van der Waals surface area contributed by atoms with E-state index in [9.17, 15) is 13.2 Å². The summed E-state index contributed by atoms with van der Waals surface area (Å²) in [5, 5.41) is 2.67. The molecule has 0 radical (unpaired) electrons. The highest BCUT2D eigenvalue weighted by atomic mass is 32.2. The van der Waals surface area contributed by atoms with E-state index in [0.29, 0.717) is 24.9 Å². The van der Waals surface area contributed by atoms with E-state index in [2.05, 4.69) is 20.2 Å². The maximum atomic E-state index is 12.2. The van der Waals surface area contributed by atoms with Crippen molar-refractivity contribution >= 4 is 21.6 Å². The highest BCUT2D eigenvalue weighted by molar-refractivity contribution is 7.91. The molecule has 1 aliphatic heterocycles. The smallest absolute Gasteiger partial charge is 0.221 e. The molecule has 162 valence electrons. The summed E-state index contributed by atoms with van der Waals surface area (Å²) in [4.78, 5) is 23.0. The SMILES string of the molecule is Cc1nc(OCCNC(=O)CCS(=O)(=O)c2ccccc2)cc(N2CCOCC2)n1. The van der Waals surface area contributed by atoms with E-state index in [1.54, 1.807) is 31.2 Å². The molecule has 0 bridgehead atoms. The molecule has 1 saturated heterocycles. The zero-order valence-corrected chi connectivity index (χ0v) is 17.7. The first-order chi connectivity index (χ1) is 14.4. The van der Waals surface area contributed by atoms with Crippen LogP contribution in [0.2, 0.25) is 0 Å². The van der Waals surface area contributed by atoms with Crippen molar-refractivity contribution in [2.75, 3.05) is 50.1 Å². The topological polar surface area (TPSA) is 111 Å². The van der Waals surface area contributed by atoms with E-state index in [-0.39, 0.29) is 36.1 Å². The van der Waals surface area contributed by atoms with Gasteiger partial charge in [0.2, 0.25) is 11.8 Å². The minimum Gasteiger partial charge on any atom is -0.476 e. The van der Waals surface area contributed by atoms with Crippen LogP contribution >= 0.6 is 0 Å². The number of hydrogen-bond acceptors (Lipinski definition) is 8. The van der Waals surface area contributed by atoms with Gasteiger partial charge in [-0.3, -0.25) is 4.79 Å². The normalized spacial score (nSPS) is 14.4. The minimum absolute atomic E-state index is 0.106. The number of hydrogen-bond donors (Lipinski definition) is 1. The molecular weight excluding hydrogens is 408 g/mol. The monoisotopic (exact) mass is 434 g/mol. The lowest BCUT2D eigenvalue weighted by molar-refractivity contribution is -0.120. The van der Waals surface area contributed by atoms with Crippen molar-refractivity contribution in [2.45, 2.75) is 18.2 Å². The number of benzene rings is 1. The van der Waals surface area contributed by atoms with Crippen LogP contribution in [0.15, 0.2) is 41.3 Å². The van der Waals surface area contributed by atoms with Crippen LogP contribution in [0.5, 0.6) is 5.88 Å². The Hall–Kier alpha value is -2.72. The third kappa shape index (κ3) is 6.39. The zero-order valence-electron chi connectivity index (χ0n) is 16.9. The highest BCUT2D eigenvalue weighted by Crippen LogP contribution is 2.18. The van der Waals surface area contributed by atoms with Crippen molar-refractivity contribution in [3.8, 4) is 5.88 Å². The highest BCUT2D eigenvalue weighted by Gasteiger charge is 2.16. The summed E-state index contributed by atoms with van der Waals surface area (Å²) in [5.74, 6) is 1.24. The molecule has 3 rings (SSSR count). The fourth-order valence-corrected chi connectivity index (χ4v) is 4.22. The van der Waals surface area contributed by atoms with Crippen LogP contribution in [0.1, 0.15) is 12.2 Å². The van der Waals surface area contributed by atoms with Crippen molar-refractivity contribution in [1.29, 1.82) is 0 Å². The molecule has 0 unspecified atom stereocenters. The molecule has 0 spiro atoms. The summed E-state index contributed by atoms with van der Waals surface area (Å²) in [6, 6.07) is 9.88. The maximum Gasteiger partial charge on any atom is 0.221 e. The maximum absolute atomic E-state index is 12.2. The van der Waals surface area contributed by atoms with E-state index in [0.717, 1.165) is 18.9 Å². The first kappa shape index (κ1) is 22.0. The van der Waals surface area contributed by atoms with Crippen LogP contribution < -0.4 is 15.0 Å². The molecular formula is C20H26N4O5S. The molecule has 0 atom stereocenters. The molecule has 30 heavy (non-hydrogen) atoms. The Morgan fingerprint density at radius 2 is 1.93 bits per heavy atom. The van der Waals surface area contributed by atoms with Gasteiger partial charge in [-0.05, 0) is 19.1 Å². The molecule has 2 aromatic rings. The van der Waals surface area contributed by atoms with Crippen molar-refractivity contribution in [2.24, 2.45) is 0 Å². The van der Waals surface area contributed by atoms with Crippen LogP contribution in [-0.2, 0) is 19.4 Å². The van der Waals surface area contributed by atoms with Crippen molar-refractivity contribution in [1.82, 2.24) is 15.3 Å². The fourth-order valence-electron chi connectivity index (χ4n) is 2.96. The first-order valence-corrected chi connectivity index (χ1v) is 11.4. The number of nitrogens with zero attached hydrogens (tertiary/aromatic N) is 3. The lowest BCUT2D eigenvalue weighted by Crippen LogP contribution is -2.37. The summed E-state index contributed by atoms with van der Waals surface area (Å²) < 4.78 is 35.4. The molecule has 0 saturated carbocycles. The molecule has 1 amide bonds. The van der Waals surface area contributed by atoms with Gasteiger partial charge >= 0.3 is 0 Å². The third-order valence-corrected chi connectivity index (χ3v) is 6.24. The standard InChI is InChI=1S/C20H26N4O5S/c1-16-22-18(24-9-12-28-13-10-24)15-20(23-16)29-11-8-21-19(25)7-14-30(26,27)17-5-3-2-4-6-17/h2-6,15H,7-14H2,1H3,(H,21,25). The molecule has 1 aromatic carbocycles. The van der Waals surface area contributed by atoms with Gasteiger partial charge in [0.15, 0.2) is 9.84 Å². The molecule has 1 N–H and O–H groups in total. The first-order valence-electron chi connectivity index (χ1n) is 9.80. The Morgan fingerprint density at radius 1 is 1.20 bits per heavy atom. The van der Waals surface area contributed by atoms with Gasteiger partial charge in [0.25, 0.3) is 0 Å². The molecule has 1 aromatic heterocycles. The van der Waals surface area contributed by atoms with Gasteiger partial charge in [-0.1, -0.05) is 18.2 Å². The van der Waals surface area contributed by atoms with Crippen LogP contribution in [0, 0.1) is 6.92 Å². The van der Waals surface area contributed by atoms with Gasteiger partial charge in [0, 0.05) is 25.6 Å². The van der Waals surface area contributed by atoms with Crippen LogP contribution in [0.25, 0.3) is 0 Å². The third-order valence-electron chi connectivity index (χ3n) is 4.51. The average Bonchev–Trinajstić information content (AvgIpc) is 2.76. The van der Waals surface area contributed by atoms with Crippen LogP contribution in [0.4, 0.5) is 5.82 Å². The molecule has 1 fully saturated rings. The molecule has 2 heterocycles. The Balaban J connectivity index is 1.42. The second-order valence-corrected chi connectivity index (χ2v) is 8.90. The largest absolute Gasteiger partial charge is 0.476 e. The number of aryl methyl sites for hydroxylation is 1. The van der Waals surface area contributed by atoms with Gasteiger partial charge in [-0.25, -0.2) is 13.4 Å². The van der Waals surface area contributed by atoms with E-state index in [4.69, 9.17) is 9.47 Å². The summed E-state index contributed by atoms with van der Waals surface area (Å²) in [6.45, 7) is 5.11. The second kappa shape index (κ2) is 10.4. The number of nitrogens with one attached hydrogen (secondary N) is 1. The molecule has 1 aliphatic rings. The minimum atomic E-state index is -3.47. The average molecular weight is 435 g/mol. The van der Waals surface area contributed by atoms with Gasteiger partial charge in [0.1, 0.15) is 18.2 Å². The van der Waals surface area contributed by atoms with Gasteiger partial charge in [0.05, 0.1) is 30.4 Å². The quantitative estimate of drug-likeness (QED) is 0.582. The zero-order chi connectivity index (χ0) is 21.4.